The van der Waals surface area contributed by atoms with Crippen LogP contribution < -0.4 is 5.32 Å². The molecule has 1 aliphatic rings. The quantitative estimate of drug-likeness (QED) is 0.757. The smallest absolute Gasteiger partial charge is 0.254 e. The summed E-state index contributed by atoms with van der Waals surface area (Å²) >= 11 is 1.60. The summed E-state index contributed by atoms with van der Waals surface area (Å²) in [6.45, 7) is 3.19. The molecule has 0 spiro atoms. The molecule has 0 aliphatic carbocycles. The average Bonchev–Trinajstić information content (AvgIpc) is 3.36. The van der Waals surface area contributed by atoms with Crippen molar-refractivity contribution in [3.63, 3.8) is 0 Å². The number of rotatable bonds is 4. The Morgan fingerprint density at radius 1 is 1.26 bits per heavy atom. The second-order valence-corrected chi connectivity index (χ2v) is 7.67. The molecule has 1 N–H and O–H groups in total. The molecule has 7 heteroatoms. The Morgan fingerprint density at radius 2 is 2.15 bits per heavy atom. The van der Waals surface area contributed by atoms with Crippen molar-refractivity contribution in [1.29, 1.82) is 0 Å². The molecule has 0 bridgehead atoms. The van der Waals surface area contributed by atoms with Gasteiger partial charge in [-0.1, -0.05) is 23.8 Å². The van der Waals surface area contributed by atoms with Crippen molar-refractivity contribution in [3.05, 3.63) is 75.7 Å². The molecule has 27 heavy (non-hydrogen) atoms. The molecule has 0 saturated carbocycles. The first kappa shape index (κ1) is 17.5. The van der Waals surface area contributed by atoms with Crippen LogP contribution in [-0.4, -0.2) is 33.0 Å². The Bertz CT molecular complexity index is 964. The van der Waals surface area contributed by atoms with E-state index in [1.54, 1.807) is 27.1 Å². The molecule has 138 valence electrons. The van der Waals surface area contributed by atoms with E-state index in [-0.39, 0.29) is 11.8 Å². The molecular weight excluding hydrogens is 360 g/mol. The van der Waals surface area contributed by atoms with Crippen molar-refractivity contribution in [2.24, 2.45) is 0 Å². The summed E-state index contributed by atoms with van der Waals surface area (Å²) in [6, 6.07) is 12.8. The van der Waals surface area contributed by atoms with Gasteiger partial charge in [0, 0.05) is 16.6 Å². The zero-order valence-electron chi connectivity index (χ0n) is 15.0. The molecule has 4 rings (SSSR count). The zero-order valence-corrected chi connectivity index (χ0v) is 15.8. The standard InChI is InChI=1S/C20H20N4O2S/c1-14-4-2-5-15(10-14)20(26)23-12-16-7-8-22-24(16)18(13-23)19(25)21-11-17-6-3-9-27-17/h2-10,18H,11-13H2,1H3,(H,21,25). The van der Waals surface area contributed by atoms with E-state index in [9.17, 15) is 9.59 Å². The summed E-state index contributed by atoms with van der Waals surface area (Å²) in [4.78, 5) is 28.6. The fraction of sp³-hybridized carbons (Fsp3) is 0.250. The largest absolute Gasteiger partial charge is 0.349 e. The highest BCUT2D eigenvalue weighted by atomic mass is 32.1. The third kappa shape index (κ3) is 3.64. The third-order valence-electron chi connectivity index (χ3n) is 4.67. The van der Waals surface area contributed by atoms with Crippen LogP contribution in [-0.2, 0) is 17.9 Å². The van der Waals surface area contributed by atoms with Crippen molar-refractivity contribution in [2.75, 3.05) is 6.54 Å². The first-order chi connectivity index (χ1) is 13.1. The summed E-state index contributed by atoms with van der Waals surface area (Å²) in [6.07, 6.45) is 1.68. The number of fused-ring (bicyclic) bond motifs is 1. The normalized spacial score (nSPS) is 16.0. The Morgan fingerprint density at radius 3 is 2.93 bits per heavy atom. The highest BCUT2D eigenvalue weighted by Gasteiger charge is 2.33. The average molecular weight is 380 g/mol. The number of hydrogen-bond acceptors (Lipinski definition) is 4. The van der Waals surface area contributed by atoms with Gasteiger partial charge >= 0.3 is 0 Å². The Labute approximate surface area is 161 Å². The molecular formula is C20H20N4O2S. The van der Waals surface area contributed by atoms with Gasteiger partial charge in [0.25, 0.3) is 5.91 Å². The van der Waals surface area contributed by atoms with E-state index >= 15 is 0 Å². The molecule has 6 nitrogen and oxygen atoms in total. The van der Waals surface area contributed by atoms with E-state index in [4.69, 9.17) is 0 Å². The summed E-state index contributed by atoms with van der Waals surface area (Å²) in [5.41, 5.74) is 2.53. The third-order valence-corrected chi connectivity index (χ3v) is 5.54. The minimum atomic E-state index is -0.530. The molecule has 3 heterocycles. The Hall–Kier alpha value is -2.93. The van der Waals surface area contributed by atoms with Crippen molar-refractivity contribution in [1.82, 2.24) is 20.0 Å². The minimum absolute atomic E-state index is 0.0674. The molecule has 3 aromatic rings. The zero-order chi connectivity index (χ0) is 18.8. The van der Waals surface area contributed by atoms with Gasteiger partial charge in [-0.2, -0.15) is 5.10 Å². The second kappa shape index (κ2) is 7.36. The summed E-state index contributed by atoms with van der Waals surface area (Å²) in [7, 11) is 0. The van der Waals surface area contributed by atoms with Crippen molar-refractivity contribution >= 4 is 23.2 Å². The number of nitrogens with one attached hydrogen (secondary N) is 1. The number of nitrogens with zero attached hydrogens (tertiary/aromatic N) is 3. The van der Waals surface area contributed by atoms with E-state index in [0.717, 1.165) is 16.1 Å². The number of hydrogen-bond donors (Lipinski definition) is 1. The van der Waals surface area contributed by atoms with E-state index in [2.05, 4.69) is 10.4 Å². The van der Waals surface area contributed by atoms with Gasteiger partial charge in [0.2, 0.25) is 5.91 Å². The van der Waals surface area contributed by atoms with E-state index < -0.39 is 6.04 Å². The van der Waals surface area contributed by atoms with E-state index in [1.165, 1.54) is 0 Å². The molecule has 1 aliphatic heterocycles. The molecule has 2 amide bonds. The van der Waals surface area contributed by atoms with Crippen LogP contribution in [0, 0.1) is 6.92 Å². The van der Waals surface area contributed by atoms with Crippen LogP contribution in [0.15, 0.2) is 54.0 Å². The number of amides is 2. The molecule has 0 fully saturated rings. The van der Waals surface area contributed by atoms with Gasteiger partial charge in [-0.05, 0) is 36.6 Å². The minimum Gasteiger partial charge on any atom is -0.349 e. The summed E-state index contributed by atoms with van der Waals surface area (Å²) in [5.74, 6) is -0.197. The van der Waals surface area contributed by atoms with Crippen LogP contribution >= 0.6 is 11.3 Å². The molecule has 2 aromatic heterocycles. The maximum absolute atomic E-state index is 13.0. The van der Waals surface area contributed by atoms with Gasteiger partial charge in [0.1, 0.15) is 6.04 Å². The molecule has 0 radical (unpaired) electrons. The number of aryl methyl sites for hydroxylation is 1. The highest BCUT2D eigenvalue weighted by Crippen LogP contribution is 2.23. The topological polar surface area (TPSA) is 67.2 Å². The van der Waals surface area contributed by atoms with E-state index in [0.29, 0.717) is 25.2 Å². The van der Waals surface area contributed by atoms with Gasteiger partial charge < -0.3 is 10.2 Å². The number of carbonyl (C=O) groups excluding carboxylic acids is 2. The lowest BCUT2D eigenvalue weighted by Gasteiger charge is -2.33. The number of carbonyl (C=O) groups is 2. The predicted octanol–water partition coefficient (Wildman–Crippen LogP) is 2.77. The van der Waals surface area contributed by atoms with Crippen LogP contribution in [0.3, 0.4) is 0 Å². The fourth-order valence-electron chi connectivity index (χ4n) is 3.31. The predicted molar refractivity (Wildman–Crippen MR) is 103 cm³/mol. The summed E-state index contributed by atoms with van der Waals surface area (Å²) < 4.78 is 1.73. The van der Waals surface area contributed by atoms with Crippen LogP contribution in [0.4, 0.5) is 0 Å². The first-order valence-electron chi connectivity index (χ1n) is 8.80. The van der Waals surface area contributed by atoms with Crippen LogP contribution in [0.2, 0.25) is 0 Å². The lowest BCUT2D eigenvalue weighted by atomic mass is 10.1. The lowest BCUT2D eigenvalue weighted by Crippen LogP contribution is -2.47. The fourth-order valence-corrected chi connectivity index (χ4v) is 3.95. The maximum atomic E-state index is 13.0. The number of thiophene rings is 1. The summed E-state index contributed by atoms with van der Waals surface area (Å²) in [5, 5.41) is 9.25. The molecule has 1 atom stereocenters. The van der Waals surface area contributed by atoms with Crippen molar-refractivity contribution in [2.45, 2.75) is 26.1 Å². The second-order valence-electron chi connectivity index (χ2n) is 6.64. The SMILES string of the molecule is Cc1cccc(C(=O)N2Cc3ccnn3C(C(=O)NCc3cccs3)C2)c1. The Balaban J connectivity index is 1.53. The van der Waals surface area contributed by atoms with Crippen LogP contribution in [0.25, 0.3) is 0 Å². The van der Waals surface area contributed by atoms with Gasteiger partial charge in [-0.15, -0.1) is 11.3 Å². The maximum Gasteiger partial charge on any atom is 0.254 e. The van der Waals surface area contributed by atoms with Gasteiger partial charge in [0.15, 0.2) is 0 Å². The van der Waals surface area contributed by atoms with Gasteiger partial charge in [0.05, 0.1) is 25.3 Å². The highest BCUT2D eigenvalue weighted by molar-refractivity contribution is 7.09. The Kier molecular flexibility index (Phi) is 4.77. The van der Waals surface area contributed by atoms with E-state index in [1.807, 2.05) is 54.8 Å². The van der Waals surface area contributed by atoms with Crippen LogP contribution in [0.5, 0.6) is 0 Å². The number of benzene rings is 1. The first-order valence-corrected chi connectivity index (χ1v) is 9.68. The van der Waals surface area contributed by atoms with Crippen LogP contribution in [0.1, 0.15) is 32.5 Å². The lowest BCUT2D eigenvalue weighted by molar-refractivity contribution is -0.125. The van der Waals surface area contributed by atoms with Crippen molar-refractivity contribution < 1.29 is 9.59 Å². The number of aromatic nitrogens is 2. The van der Waals surface area contributed by atoms with Gasteiger partial charge in [-0.3, -0.25) is 14.3 Å². The monoisotopic (exact) mass is 380 g/mol. The molecule has 1 unspecified atom stereocenters. The molecule has 0 saturated heterocycles. The van der Waals surface area contributed by atoms with Crippen molar-refractivity contribution in [3.8, 4) is 0 Å². The molecule has 1 aromatic carbocycles. The van der Waals surface area contributed by atoms with Gasteiger partial charge in [-0.25, -0.2) is 0 Å².